The number of likely N-dealkylation sites (tertiary alicyclic amines) is 1. The lowest BCUT2D eigenvalue weighted by Gasteiger charge is -2.28. The van der Waals surface area contributed by atoms with Crippen LogP contribution in [0, 0.1) is 0 Å². The van der Waals surface area contributed by atoms with Gasteiger partial charge in [0.25, 0.3) is 0 Å². The Bertz CT molecular complexity index is 323. The van der Waals surface area contributed by atoms with Crippen LogP contribution < -0.4 is 5.32 Å². The summed E-state index contributed by atoms with van der Waals surface area (Å²) < 4.78 is 23.4. The number of rotatable bonds is 4. The third-order valence-electron chi connectivity index (χ3n) is 3.59. The third kappa shape index (κ3) is 2.76. The van der Waals surface area contributed by atoms with Gasteiger partial charge < -0.3 is 5.32 Å². The van der Waals surface area contributed by atoms with E-state index >= 15 is 0 Å². The summed E-state index contributed by atoms with van der Waals surface area (Å²) in [6.07, 6.45) is 3.50. The predicted molar refractivity (Wildman–Crippen MR) is 65.3 cm³/mol. The fourth-order valence-corrected chi connectivity index (χ4v) is 4.77. The van der Waals surface area contributed by atoms with Gasteiger partial charge in [0, 0.05) is 12.1 Å². The summed E-state index contributed by atoms with van der Waals surface area (Å²) >= 11 is 0. The lowest BCUT2D eigenvalue weighted by molar-refractivity contribution is 0.227. The molecule has 0 aromatic rings. The number of nitrogens with one attached hydrogen (secondary N) is 1. The highest BCUT2D eigenvalue weighted by Crippen LogP contribution is 2.22. The second-order valence-electron chi connectivity index (χ2n) is 4.95. The molecule has 2 saturated heterocycles. The van der Waals surface area contributed by atoms with E-state index in [0.717, 1.165) is 26.1 Å². The van der Waals surface area contributed by atoms with Gasteiger partial charge in [-0.3, -0.25) is 4.90 Å². The van der Waals surface area contributed by atoms with Crippen LogP contribution in [-0.2, 0) is 9.84 Å². The molecule has 4 nitrogen and oxygen atoms in total. The van der Waals surface area contributed by atoms with Crippen molar-refractivity contribution >= 4 is 9.84 Å². The molecule has 0 radical (unpaired) electrons. The quantitative estimate of drug-likeness (QED) is 0.772. The molecule has 0 spiro atoms. The molecule has 0 aromatic carbocycles. The smallest absolute Gasteiger partial charge is 0.153 e. The van der Waals surface area contributed by atoms with Crippen LogP contribution in [0.3, 0.4) is 0 Å². The summed E-state index contributed by atoms with van der Waals surface area (Å²) in [6, 6.07) is 0.377. The molecule has 0 aliphatic carbocycles. The Balaban J connectivity index is 2.01. The van der Waals surface area contributed by atoms with E-state index < -0.39 is 9.84 Å². The molecule has 1 N–H and O–H groups in total. The Kier molecular flexibility index (Phi) is 3.87. The fourth-order valence-electron chi connectivity index (χ4n) is 2.79. The second-order valence-corrected chi connectivity index (χ2v) is 7.10. The zero-order chi connectivity index (χ0) is 11.6. The molecule has 2 heterocycles. The maximum absolute atomic E-state index is 11.7. The maximum atomic E-state index is 11.7. The third-order valence-corrected chi connectivity index (χ3v) is 5.31. The van der Waals surface area contributed by atoms with Gasteiger partial charge in [-0.2, -0.15) is 0 Å². The second kappa shape index (κ2) is 5.02. The average molecular weight is 246 g/mol. The first kappa shape index (κ1) is 12.3. The lowest BCUT2D eigenvalue weighted by Crippen LogP contribution is -2.48. The van der Waals surface area contributed by atoms with Crippen LogP contribution in [0.25, 0.3) is 0 Å². The molecule has 0 amide bonds. The van der Waals surface area contributed by atoms with Gasteiger partial charge in [0.05, 0.1) is 11.5 Å². The van der Waals surface area contributed by atoms with Crippen LogP contribution in [-0.4, -0.2) is 56.5 Å². The van der Waals surface area contributed by atoms with Gasteiger partial charge in [0.2, 0.25) is 0 Å². The highest BCUT2D eigenvalue weighted by Gasteiger charge is 2.40. The minimum absolute atomic E-state index is 0.156. The lowest BCUT2D eigenvalue weighted by atomic mass is 10.1. The highest BCUT2D eigenvalue weighted by atomic mass is 32.2. The van der Waals surface area contributed by atoms with E-state index in [0.29, 0.717) is 11.5 Å². The molecule has 0 unspecified atom stereocenters. The first-order valence-corrected chi connectivity index (χ1v) is 8.12. The molecule has 2 rings (SSSR count). The summed E-state index contributed by atoms with van der Waals surface area (Å²) in [6.45, 7) is 5.18. The van der Waals surface area contributed by atoms with Crippen molar-refractivity contribution < 1.29 is 8.42 Å². The number of hydrogen-bond acceptors (Lipinski definition) is 4. The van der Waals surface area contributed by atoms with Gasteiger partial charge in [-0.15, -0.1) is 0 Å². The summed E-state index contributed by atoms with van der Waals surface area (Å²) in [5.41, 5.74) is 0. The van der Waals surface area contributed by atoms with E-state index in [1.54, 1.807) is 0 Å². The van der Waals surface area contributed by atoms with Crippen LogP contribution in [0.5, 0.6) is 0 Å². The molecule has 5 heteroatoms. The number of nitrogens with zero attached hydrogens (tertiary/aromatic N) is 1. The van der Waals surface area contributed by atoms with Crippen LogP contribution in [0.1, 0.15) is 26.2 Å². The van der Waals surface area contributed by atoms with E-state index in [-0.39, 0.29) is 12.1 Å². The van der Waals surface area contributed by atoms with E-state index in [4.69, 9.17) is 0 Å². The summed E-state index contributed by atoms with van der Waals surface area (Å²) in [4.78, 5) is 2.36. The normalized spacial score (nSPS) is 34.6. The highest BCUT2D eigenvalue weighted by molar-refractivity contribution is 7.91. The molecular formula is C11H22N2O2S. The Morgan fingerprint density at radius 3 is 2.56 bits per heavy atom. The van der Waals surface area contributed by atoms with Crippen molar-refractivity contribution in [1.82, 2.24) is 10.2 Å². The average Bonchev–Trinajstić information content (AvgIpc) is 2.81. The summed E-state index contributed by atoms with van der Waals surface area (Å²) in [5, 5.41) is 3.39. The van der Waals surface area contributed by atoms with Crippen molar-refractivity contribution in [2.75, 3.05) is 31.1 Å². The largest absolute Gasteiger partial charge is 0.311 e. The topological polar surface area (TPSA) is 49.4 Å². The number of sulfone groups is 1. The molecule has 0 aromatic heterocycles. The summed E-state index contributed by atoms with van der Waals surface area (Å²) in [7, 11) is -2.82. The Morgan fingerprint density at radius 1 is 1.25 bits per heavy atom. The van der Waals surface area contributed by atoms with Gasteiger partial charge in [-0.1, -0.05) is 6.92 Å². The van der Waals surface area contributed by atoms with Crippen LogP contribution in [0.15, 0.2) is 0 Å². The minimum atomic E-state index is -2.82. The Morgan fingerprint density at radius 2 is 1.94 bits per heavy atom. The zero-order valence-electron chi connectivity index (χ0n) is 9.98. The number of hydrogen-bond donors (Lipinski definition) is 1. The molecule has 94 valence electrons. The minimum Gasteiger partial charge on any atom is -0.311 e. The molecule has 0 saturated carbocycles. The standard InChI is InChI=1S/C11H22N2O2S/c1-2-5-12-10-8-16(14,15)9-11(10)13-6-3-4-7-13/h10-12H,2-9H2,1H3/t10-,11+/m1/s1. The van der Waals surface area contributed by atoms with E-state index in [9.17, 15) is 8.42 Å². The molecule has 16 heavy (non-hydrogen) atoms. The van der Waals surface area contributed by atoms with Gasteiger partial charge in [-0.05, 0) is 38.9 Å². The van der Waals surface area contributed by atoms with Crippen LogP contribution >= 0.6 is 0 Å². The predicted octanol–water partition coefficient (Wildman–Crippen LogP) is 0.247. The van der Waals surface area contributed by atoms with E-state index in [1.165, 1.54) is 12.8 Å². The van der Waals surface area contributed by atoms with E-state index in [1.807, 2.05) is 0 Å². The van der Waals surface area contributed by atoms with Crippen LogP contribution in [0.4, 0.5) is 0 Å². The summed E-state index contributed by atoms with van der Waals surface area (Å²) in [5.74, 6) is 0.683. The molecule has 2 atom stereocenters. The van der Waals surface area contributed by atoms with Crippen molar-refractivity contribution in [3.63, 3.8) is 0 Å². The first-order valence-electron chi connectivity index (χ1n) is 6.30. The van der Waals surface area contributed by atoms with E-state index in [2.05, 4.69) is 17.1 Å². The SMILES string of the molecule is CCCN[C@@H]1CS(=O)(=O)C[C@@H]1N1CCCC1. The van der Waals surface area contributed by atoms with Crippen molar-refractivity contribution in [3.8, 4) is 0 Å². The molecule has 0 bridgehead atoms. The first-order chi connectivity index (χ1) is 7.62. The molecule has 2 aliphatic heterocycles. The van der Waals surface area contributed by atoms with Crippen molar-refractivity contribution in [1.29, 1.82) is 0 Å². The molecule has 2 fully saturated rings. The Hall–Kier alpha value is -0.130. The fraction of sp³-hybridized carbons (Fsp3) is 1.00. The molecular weight excluding hydrogens is 224 g/mol. The Labute approximate surface area is 98.3 Å². The van der Waals surface area contributed by atoms with Gasteiger partial charge in [0.1, 0.15) is 0 Å². The van der Waals surface area contributed by atoms with Crippen molar-refractivity contribution in [2.45, 2.75) is 38.3 Å². The van der Waals surface area contributed by atoms with Crippen LogP contribution in [0.2, 0.25) is 0 Å². The monoisotopic (exact) mass is 246 g/mol. The van der Waals surface area contributed by atoms with Crippen molar-refractivity contribution in [2.24, 2.45) is 0 Å². The van der Waals surface area contributed by atoms with Crippen molar-refractivity contribution in [3.05, 3.63) is 0 Å². The zero-order valence-corrected chi connectivity index (χ0v) is 10.8. The van der Waals surface area contributed by atoms with Gasteiger partial charge >= 0.3 is 0 Å². The van der Waals surface area contributed by atoms with Gasteiger partial charge in [-0.25, -0.2) is 8.42 Å². The van der Waals surface area contributed by atoms with Gasteiger partial charge in [0.15, 0.2) is 9.84 Å². The maximum Gasteiger partial charge on any atom is 0.153 e. The molecule has 2 aliphatic rings.